The first kappa shape index (κ1) is 17.4. The maximum absolute atomic E-state index is 12.9. The van der Waals surface area contributed by atoms with Gasteiger partial charge in [0.25, 0.3) is 5.91 Å². The number of nitrogens with one attached hydrogen (secondary N) is 1. The fourth-order valence-electron chi connectivity index (χ4n) is 3.16. The fourth-order valence-corrected chi connectivity index (χ4v) is 3.16. The Morgan fingerprint density at radius 3 is 2.72 bits per heavy atom. The second kappa shape index (κ2) is 8.12. The smallest absolute Gasteiger partial charge is 0.253 e. The Bertz CT molecular complexity index is 711. The molecule has 25 heavy (non-hydrogen) atoms. The minimum absolute atomic E-state index is 0.0514. The lowest BCUT2D eigenvalue weighted by Crippen LogP contribution is -2.43. The second-order valence-electron chi connectivity index (χ2n) is 6.50. The summed E-state index contributed by atoms with van der Waals surface area (Å²) in [5.74, 6) is 0.0514. The van der Waals surface area contributed by atoms with Crippen molar-refractivity contribution in [2.75, 3.05) is 38.1 Å². The maximum atomic E-state index is 12.9. The molecule has 1 N–H and O–H groups in total. The molecule has 0 bridgehead atoms. The van der Waals surface area contributed by atoms with E-state index < -0.39 is 0 Å². The third-order valence-corrected chi connectivity index (χ3v) is 4.60. The van der Waals surface area contributed by atoms with Crippen LogP contribution in [0.25, 0.3) is 0 Å². The molecular weight excluding hydrogens is 312 g/mol. The molecule has 2 aromatic rings. The van der Waals surface area contributed by atoms with E-state index in [-0.39, 0.29) is 5.91 Å². The van der Waals surface area contributed by atoms with Crippen LogP contribution >= 0.6 is 0 Å². The Kier molecular flexibility index (Phi) is 5.66. The number of nitrogens with zero attached hydrogens (tertiary/aromatic N) is 3. The van der Waals surface area contributed by atoms with Crippen LogP contribution in [0, 0.1) is 0 Å². The third-order valence-electron chi connectivity index (χ3n) is 4.60. The van der Waals surface area contributed by atoms with Crippen LogP contribution < -0.4 is 10.2 Å². The van der Waals surface area contributed by atoms with Gasteiger partial charge in [0.05, 0.1) is 0 Å². The van der Waals surface area contributed by atoms with Crippen molar-refractivity contribution in [3.63, 3.8) is 0 Å². The number of carbonyl (C=O) groups is 1. The molecule has 0 atom stereocenters. The molecule has 5 nitrogen and oxygen atoms in total. The van der Waals surface area contributed by atoms with Crippen molar-refractivity contribution in [2.24, 2.45) is 0 Å². The number of piperazine rings is 1. The summed E-state index contributed by atoms with van der Waals surface area (Å²) < 4.78 is 0. The van der Waals surface area contributed by atoms with E-state index in [9.17, 15) is 4.79 Å². The number of carbonyl (C=O) groups excluding carboxylic acids is 1. The van der Waals surface area contributed by atoms with Gasteiger partial charge in [-0.3, -0.25) is 9.78 Å². The molecule has 1 saturated heterocycles. The fraction of sp³-hybridized carbons (Fsp3) is 0.400. The highest BCUT2D eigenvalue weighted by Gasteiger charge is 2.17. The molecule has 0 radical (unpaired) electrons. The Hall–Kier alpha value is -2.40. The molecule has 5 heteroatoms. The summed E-state index contributed by atoms with van der Waals surface area (Å²) in [7, 11) is 1.85. The molecule has 132 valence electrons. The van der Waals surface area contributed by atoms with Gasteiger partial charge in [-0.15, -0.1) is 0 Å². The average Bonchev–Trinajstić information content (AvgIpc) is 2.68. The summed E-state index contributed by atoms with van der Waals surface area (Å²) in [6.45, 7) is 6.62. The van der Waals surface area contributed by atoms with E-state index in [1.54, 1.807) is 17.3 Å². The van der Waals surface area contributed by atoms with E-state index in [2.05, 4.69) is 28.2 Å². The van der Waals surface area contributed by atoms with E-state index in [1.165, 1.54) is 5.56 Å². The molecule has 3 rings (SSSR count). The zero-order valence-corrected chi connectivity index (χ0v) is 15.0. The molecule has 0 aliphatic carbocycles. The van der Waals surface area contributed by atoms with E-state index in [0.717, 1.165) is 49.4 Å². The standard InChI is InChI=1S/C20H26N4O/c1-3-16-11-18(13-19(12-16)24-9-7-21-8-10-24)20(25)23(2)15-17-5-4-6-22-14-17/h4-6,11-14,21H,3,7-10,15H2,1-2H3. The predicted molar refractivity (Wildman–Crippen MR) is 101 cm³/mol. The SMILES string of the molecule is CCc1cc(C(=O)N(C)Cc2cccnc2)cc(N2CCNCC2)c1. The van der Waals surface area contributed by atoms with E-state index in [1.807, 2.05) is 31.3 Å². The van der Waals surface area contributed by atoms with Gasteiger partial charge in [0.15, 0.2) is 0 Å². The summed E-state index contributed by atoms with van der Waals surface area (Å²) in [5, 5.41) is 3.37. The third kappa shape index (κ3) is 4.37. The summed E-state index contributed by atoms with van der Waals surface area (Å²) >= 11 is 0. The van der Waals surface area contributed by atoms with Crippen LogP contribution in [0.15, 0.2) is 42.7 Å². The number of aromatic nitrogens is 1. The highest BCUT2D eigenvalue weighted by atomic mass is 16.2. The van der Waals surface area contributed by atoms with Crippen molar-refractivity contribution in [2.45, 2.75) is 19.9 Å². The molecule has 1 aliphatic rings. The number of amides is 1. The van der Waals surface area contributed by atoms with Crippen molar-refractivity contribution >= 4 is 11.6 Å². The molecule has 1 amide bonds. The van der Waals surface area contributed by atoms with Gasteiger partial charge < -0.3 is 15.1 Å². The molecular formula is C20H26N4O. The number of rotatable bonds is 5. The van der Waals surface area contributed by atoms with E-state index in [4.69, 9.17) is 0 Å². The number of aryl methyl sites for hydroxylation is 1. The van der Waals surface area contributed by atoms with Gasteiger partial charge in [0.1, 0.15) is 0 Å². The van der Waals surface area contributed by atoms with Gasteiger partial charge in [0, 0.05) is 63.4 Å². The number of hydrogen-bond donors (Lipinski definition) is 1. The number of anilines is 1. The second-order valence-corrected chi connectivity index (χ2v) is 6.50. The molecule has 2 heterocycles. The number of pyridine rings is 1. The Morgan fingerprint density at radius 2 is 2.04 bits per heavy atom. The minimum Gasteiger partial charge on any atom is -0.369 e. The van der Waals surface area contributed by atoms with E-state index >= 15 is 0 Å². The monoisotopic (exact) mass is 338 g/mol. The summed E-state index contributed by atoms with van der Waals surface area (Å²) in [4.78, 5) is 21.2. The van der Waals surface area contributed by atoms with Crippen molar-refractivity contribution in [3.05, 3.63) is 59.4 Å². The zero-order chi connectivity index (χ0) is 17.6. The number of benzene rings is 1. The Morgan fingerprint density at radius 1 is 1.24 bits per heavy atom. The van der Waals surface area contributed by atoms with Gasteiger partial charge in [-0.1, -0.05) is 13.0 Å². The van der Waals surface area contributed by atoms with E-state index in [0.29, 0.717) is 6.54 Å². The molecule has 0 unspecified atom stereocenters. The molecule has 0 spiro atoms. The van der Waals surface area contributed by atoms with Crippen molar-refractivity contribution in [1.29, 1.82) is 0 Å². The summed E-state index contributed by atoms with van der Waals surface area (Å²) in [6, 6.07) is 10.2. The van der Waals surface area contributed by atoms with Gasteiger partial charge in [0.2, 0.25) is 0 Å². The van der Waals surface area contributed by atoms with Gasteiger partial charge >= 0.3 is 0 Å². The molecule has 1 fully saturated rings. The van der Waals surface area contributed by atoms with Gasteiger partial charge in [-0.25, -0.2) is 0 Å². The van der Waals surface area contributed by atoms with Gasteiger partial charge in [-0.05, 0) is 41.8 Å². The molecule has 0 saturated carbocycles. The summed E-state index contributed by atoms with van der Waals surface area (Å²) in [5.41, 5.74) is 4.15. The van der Waals surface area contributed by atoms with Crippen LogP contribution in [0.4, 0.5) is 5.69 Å². The van der Waals surface area contributed by atoms with Crippen LogP contribution in [0.3, 0.4) is 0 Å². The topological polar surface area (TPSA) is 48.5 Å². The molecule has 1 aromatic heterocycles. The van der Waals surface area contributed by atoms with Crippen LogP contribution in [-0.2, 0) is 13.0 Å². The lowest BCUT2D eigenvalue weighted by atomic mass is 10.0. The predicted octanol–water partition coefficient (Wildman–Crippen LogP) is 2.33. The first-order valence-corrected chi connectivity index (χ1v) is 8.91. The van der Waals surface area contributed by atoms with Crippen molar-refractivity contribution < 1.29 is 4.79 Å². The number of hydrogen-bond acceptors (Lipinski definition) is 4. The van der Waals surface area contributed by atoms with Crippen molar-refractivity contribution in [3.8, 4) is 0 Å². The Balaban J connectivity index is 1.80. The average molecular weight is 338 g/mol. The molecule has 1 aliphatic heterocycles. The lowest BCUT2D eigenvalue weighted by molar-refractivity contribution is 0.0785. The first-order chi connectivity index (χ1) is 12.2. The van der Waals surface area contributed by atoms with Crippen LogP contribution in [0.5, 0.6) is 0 Å². The first-order valence-electron chi connectivity index (χ1n) is 8.91. The van der Waals surface area contributed by atoms with Crippen LogP contribution in [0.2, 0.25) is 0 Å². The molecule has 1 aromatic carbocycles. The lowest BCUT2D eigenvalue weighted by Gasteiger charge is -2.30. The van der Waals surface area contributed by atoms with Crippen LogP contribution in [0.1, 0.15) is 28.4 Å². The Labute approximate surface area is 149 Å². The zero-order valence-electron chi connectivity index (χ0n) is 15.0. The highest BCUT2D eigenvalue weighted by molar-refractivity contribution is 5.95. The summed E-state index contributed by atoms with van der Waals surface area (Å²) in [6.07, 6.45) is 4.47. The minimum atomic E-state index is 0.0514. The quantitative estimate of drug-likeness (QED) is 0.909. The van der Waals surface area contributed by atoms with Crippen LogP contribution in [-0.4, -0.2) is 49.0 Å². The highest BCUT2D eigenvalue weighted by Crippen LogP contribution is 2.22. The van der Waals surface area contributed by atoms with Crippen molar-refractivity contribution in [1.82, 2.24) is 15.2 Å². The normalized spacial score (nSPS) is 14.4. The maximum Gasteiger partial charge on any atom is 0.253 e. The van der Waals surface area contributed by atoms with Gasteiger partial charge in [-0.2, -0.15) is 0 Å². The largest absolute Gasteiger partial charge is 0.369 e.